The third-order valence-electron chi connectivity index (χ3n) is 4.40. The van der Waals surface area contributed by atoms with Gasteiger partial charge in [-0.2, -0.15) is 0 Å². The molecule has 0 aromatic carbocycles. The molecule has 2 saturated carbocycles. The smallest absolute Gasteiger partial charge is 0.0329 e. The van der Waals surface area contributed by atoms with E-state index in [4.69, 9.17) is 0 Å². The molecular formula is C12H22. The average Bonchev–Trinajstić information content (AvgIpc) is 2.34. The summed E-state index contributed by atoms with van der Waals surface area (Å²) in [4.78, 5) is 0. The molecule has 0 heterocycles. The van der Waals surface area contributed by atoms with Crippen molar-refractivity contribution in [2.75, 3.05) is 0 Å². The molecule has 0 heteroatoms. The first-order valence-electron chi connectivity index (χ1n) is 5.75. The Balaban J connectivity index is 2.04. The first kappa shape index (κ1) is 8.59. The molecule has 4 atom stereocenters. The lowest BCUT2D eigenvalue weighted by atomic mass is 9.54. The van der Waals surface area contributed by atoms with E-state index in [9.17, 15) is 0 Å². The van der Waals surface area contributed by atoms with E-state index in [1.165, 1.54) is 12.8 Å². The third-order valence-corrected chi connectivity index (χ3v) is 4.40. The second-order valence-electron chi connectivity index (χ2n) is 5.15. The molecule has 0 N–H and O–H groups in total. The summed E-state index contributed by atoms with van der Waals surface area (Å²) in [7, 11) is 0. The van der Waals surface area contributed by atoms with Crippen LogP contribution < -0.4 is 0 Å². The van der Waals surface area contributed by atoms with Crippen LogP contribution in [-0.4, -0.2) is 0 Å². The Hall–Kier alpha value is 0. The summed E-state index contributed by atoms with van der Waals surface area (Å²) in [5.41, 5.74) is 0. The van der Waals surface area contributed by atoms with E-state index in [2.05, 4.69) is 20.8 Å². The molecule has 2 aliphatic rings. The van der Waals surface area contributed by atoms with Gasteiger partial charge in [0.15, 0.2) is 0 Å². The molecule has 0 aliphatic heterocycles. The second-order valence-corrected chi connectivity index (χ2v) is 5.15. The largest absolute Gasteiger partial charge is 0.0651 e. The van der Waals surface area contributed by atoms with E-state index < -0.39 is 0 Å². The van der Waals surface area contributed by atoms with Crippen LogP contribution in [0.1, 0.15) is 46.5 Å². The topological polar surface area (TPSA) is 0 Å². The quantitative estimate of drug-likeness (QED) is 0.586. The van der Waals surface area contributed by atoms with Gasteiger partial charge >= 0.3 is 0 Å². The summed E-state index contributed by atoms with van der Waals surface area (Å²) < 4.78 is 0. The monoisotopic (exact) mass is 166 g/mol. The van der Waals surface area contributed by atoms with Gasteiger partial charge in [0.05, 0.1) is 0 Å². The molecular weight excluding hydrogens is 144 g/mol. The van der Waals surface area contributed by atoms with Gasteiger partial charge in [-0.15, -0.1) is 0 Å². The molecule has 0 aromatic heterocycles. The summed E-state index contributed by atoms with van der Waals surface area (Å²) >= 11 is 0. The number of hydrogen-bond acceptors (Lipinski definition) is 0. The zero-order chi connectivity index (χ0) is 8.72. The zero-order valence-electron chi connectivity index (χ0n) is 8.72. The summed E-state index contributed by atoms with van der Waals surface area (Å²) in [5, 5.41) is 0. The first-order chi connectivity index (χ1) is 5.75. The molecule has 2 fully saturated rings. The summed E-state index contributed by atoms with van der Waals surface area (Å²) in [6, 6.07) is 0. The summed E-state index contributed by atoms with van der Waals surface area (Å²) in [6.07, 6.45) is 6.05. The Bertz CT molecular complexity index is 159. The minimum atomic E-state index is 0.939. The highest BCUT2D eigenvalue weighted by Gasteiger charge is 2.51. The highest BCUT2D eigenvalue weighted by molar-refractivity contribution is 5.00. The van der Waals surface area contributed by atoms with Gasteiger partial charge < -0.3 is 0 Å². The van der Waals surface area contributed by atoms with E-state index in [0.717, 1.165) is 29.6 Å². The predicted molar refractivity (Wildman–Crippen MR) is 52.9 cm³/mol. The second kappa shape index (κ2) is 3.05. The molecule has 0 nitrogen and oxygen atoms in total. The van der Waals surface area contributed by atoms with E-state index in [-0.39, 0.29) is 0 Å². The Morgan fingerprint density at radius 2 is 1.83 bits per heavy atom. The van der Waals surface area contributed by atoms with E-state index in [0.29, 0.717) is 0 Å². The molecule has 0 spiro atoms. The molecule has 0 amide bonds. The lowest BCUT2D eigenvalue weighted by molar-refractivity contribution is -0.0316. The summed E-state index contributed by atoms with van der Waals surface area (Å²) in [6.45, 7) is 7.22. The lowest BCUT2D eigenvalue weighted by Crippen LogP contribution is -2.46. The Kier molecular flexibility index (Phi) is 2.18. The molecule has 12 heavy (non-hydrogen) atoms. The molecule has 0 aromatic rings. The van der Waals surface area contributed by atoms with Crippen molar-refractivity contribution in [3.05, 3.63) is 0 Å². The molecule has 0 saturated heterocycles. The van der Waals surface area contributed by atoms with Crippen LogP contribution in [0, 0.1) is 29.6 Å². The SMILES string of the molecule is CCC1C2CCCC2C1C(C)C. The van der Waals surface area contributed by atoms with Gasteiger partial charge in [-0.1, -0.05) is 33.6 Å². The van der Waals surface area contributed by atoms with Crippen LogP contribution in [0.2, 0.25) is 0 Å². The minimum absolute atomic E-state index is 0.939. The minimum Gasteiger partial charge on any atom is -0.0651 e. The first-order valence-corrected chi connectivity index (χ1v) is 5.75. The van der Waals surface area contributed by atoms with Crippen LogP contribution >= 0.6 is 0 Å². The maximum absolute atomic E-state index is 2.42. The highest BCUT2D eigenvalue weighted by Crippen LogP contribution is 2.58. The van der Waals surface area contributed by atoms with E-state index in [1.54, 1.807) is 12.8 Å². The van der Waals surface area contributed by atoms with Crippen LogP contribution in [0.15, 0.2) is 0 Å². The van der Waals surface area contributed by atoms with Gasteiger partial charge in [0.1, 0.15) is 0 Å². The highest BCUT2D eigenvalue weighted by atomic mass is 14.6. The van der Waals surface area contributed by atoms with Crippen molar-refractivity contribution in [2.45, 2.75) is 46.5 Å². The third kappa shape index (κ3) is 1.03. The number of hydrogen-bond donors (Lipinski definition) is 0. The van der Waals surface area contributed by atoms with Crippen LogP contribution in [0.5, 0.6) is 0 Å². The fourth-order valence-electron chi connectivity index (χ4n) is 4.05. The van der Waals surface area contributed by atoms with Crippen molar-refractivity contribution in [3.8, 4) is 0 Å². The number of fused-ring (bicyclic) bond motifs is 1. The van der Waals surface area contributed by atoms with E-state index >= 15 is 0 Å². The maximum Gasteiger partial charge on any atom is -0.0329 e. The molecule has 0 bridgehead atoms. The fraction of sp³-hybridized carbons (Fsp3) is 1.00. The van der Waals surface area contributed by atoms with Crippen LogP contribution in [0.3, 0.4) is 0 Å². The van der Waals surface area contributed by atoms with Crippen LogP contribution in [0.25, 0.3) is 0 Å². The van der Waals surface area contributed by atoms with Crippen LogP contribution in [-0.2, 0) is 0 Å². The normalized spacial score (nSPS) is 46.0. The van der Waals surface area contributed by atoms with Gasteiger partial charge in [0.25, 0.3) is 0 Å². The zero-order valence-corrected chi connectivity index (χ0v) is 8.72. The van der Waals surface area contributed by atoms with Crippen LogP contribution in [0.4, 0.5) is 0 Å². The predicted octanol–water partition coefficient (Wildman–Crippen LogP) is 3.71. The van der Waals surface area contributed by atoms with Crippen molar-refractivity contribution in [2.24, 2.45) is 29.6 Å². The fourth-order valence-corrected chi connectivity index (χ4v) is 4.05. The van der Waals surface area contributed by atoms with Crippen molar-refractivity contribution in [1.29, 1.82) is 0 Å². The van der Waals surface area contributed by atoms with Gasteiger partial charge in [0.2, 0.25) is 0 Å². The van der Waals surface area contributed by atoms with Gasteiger partial charge in [-0.25, -0.2) is 0 Å². The van der Waals surface area contributed by atoms with Crippen molar-refractivity contribution < 1.29 is 0 Å². The Morgan fingerprint density at radius 3 is 2.42 bits per heavy atom. The van der Waals surface area contributed by atoms with Crippen molar-refractivity contribution >= 4 is 0 Å². The Labute approximate surface area is 76.7 Å². The molecule has 2 aliphatic carbocycles. The van der Waals surface area contributed by atoms with Crippen molar-refractivity contribution in [1.82, 2.24) is 0 Å². The Morgan fingerprint density at radius 1 is 1.17 bits per heavy atom. The standard InChI is InChI=1S/C12H22/c1-4-9-10-6-5-7-11(10)12(9)8(2)3/h8-12H,4-7H2,1-3H3. The molecule has 70 valence electrons. The lowest BCUT2D eigenvalue weighted by Gasteiger charge is -2.51. The van der Waals surface area contributed by atoms with Gasteiger partial charge in [-0.3, -0.25) is 0 Å². The molecule has 2 rings (SSSR count). The van der Waals surface area contributed by atoms with E-state index in [1.807, 2.05) is 0 Å². The maximum atomic E-state index is 2.42. The number of rotatable bonds is 2. The van der Waals surface area contributed by atoms with Crippen molar-refractivity contribution in [3.63, 3.8) is 0 Å². The average molecular weight is 166 g/mol. The van der Waals surface area contributed by atoms with Gasteiger partial charge in [-0.05, 0) is 42.4 Å². The molecule has 0 radical (unpaired) electrons. The summed E-state index contributed by atoms with van der Waals surface area (Å²) in [5.74, 6) is 5.40. The molecule has 4 unspecified atom stereocenters. The van der Waals surface area contributed by atoms with Gasteiger partial charge in [0, 0.05) is 0 Å².